The molecule has 2 aliphatic rings. The summed E-state index contributed by atoms with van der Waals surface area (Å²) < 4.78 is 17.6. The summed E-state index contributed by atoms with van der Waals surface area (Å²) in [6.45, 7) is 4.13. The number of aryl methyl sites for hydroxylation is 1. The van der Waals surface area contributed by atoms with Gasteiger partial charge in [-0.05, 0) is 37.1 Å². The van der Waals surface area contributed by atoms with Crippen LogP contribution in [0.15, 0.2) is 36.8 Å². The van der Waals surface area contributed by atoms with Crippen LogP contribution in [-0.2, 0) is 6.54 Å². The van der Waals surface area contributed by atoms with Crippen LogP contribution in [0.3, 0.4) is 0 Å². The summed E-state index contributed by atoms with van der Waals surface area (Å²) in [5.41, 5.74) is 9.52. The van der Waals surface area contributed by atoms with Crippen molar-refractivity contribution in [1.29, 1.82) is 0 Å². The highest BCUT2D eigenvalue weighted by Gasteiger charge is 2.39. The summed E-state index contributed by atoms with van der Waals surface area (Å²) in [4.78, 5) is 15.9. The van der Waals surface area contributed by atoms with Gasteiger partial charge in [0.05, 0.1) is 5.39 Å². The summed E-state index contributed by atoms with van der Waals surface area (Å²) in [5, 5.41) is 23.4. The first-order valence-electron chi connectivity index (χ1n) is 11.8. The smallest absolute Gasteiger partial charge is 0.173 e. The van der Waals surface area contributed by atoms with Crippen LogP contribution in [0.2, 0.25) is 0 Å². The van der Waals surface area contributed by atoms with E-state index in [1.165, 1.54) is 18.5 Å². The van der Waals surface area contributed by atoms with Crippen LogP contribution in [0.1, 0.15) is 17.8 Å². The number of phenolic OH excluding ortho intramolecular Hbond substituents is 1. The van der Waals surface area contributed by atoms with Gasteiger partial charge in [0.15, 0.2) is 17.3 Å². The molecule has 6 heterocycles. The van der Waals surface area contributed by atoms with Gasteiger partial charge < -0.3 is 21.1 Å². The van der Waals surface area contributed by atoms with Crippen molar-refractivity contribution in [3.63, 3.8) is 0 Å². The van der Waals surface area contributed by atoms with Crippen LogP contribution < -0.4 is 16.0 Å². The van der Waals surface area contributed by atoms with E-state index >= 15 is 0 Å². The fourth-order valence-electron chi connectivity index (χ4n) is 5.48. The van der Waals surface area contributed by atoms with E-state index in [0.717, 1.165) is 42.5 Å². The van der Waals surface area contributed by atoms with Crippen molar-refractivity contribution in [2.45, 2.75) is 32.0 Å². The fourth-order valence-corrected chi connectivity index (χ4v) is 5.48. The van der Waals surface area contributed by atoms with Crippen molar-refractivity contribution in [2.24, 2.45) is 0 Å². The topological polar surface area (TPSA) is 135 Å². The van der Waals surface area contributed by atoms with E-state index in [1.807, 2.05) is 16.8 Å². The van der Waals surface area contributed by atoms with Crippen LogP contribution in [0.4, 0.5) is 16.0 Å². The van der Waals surface area contributed by atoms with E-state index in [1.54, 1.807) is 4.68 Å². The third kappa shape index (κ3) is 3.18. The third-order valence-electron chi connectivity index (χ3n) is 7.07. The minimum absolute atomic E-state index is 0.209. The highest BCUT2D eigenvalue weighted by Crippen LogP contribution is 2.34. The molecule has 36 heavy (non-hydrogen) atoms. The summed E-state index contributed by atoms with van der Waals surface area (Å²) in [7, 11) is 0. The molecular weight excluding hydrogens is 463 g/mol. The van der Waals surface area contributed by atoms with E-state index in [0.29, 0.717) is 40.2 Å². The minimum atomic E-state index is -0.584. The van der Waals surface area contributed by atoms with Crippen LogP contribution in [-0.4, -0.2) is 64.6 Å². The van der Waals surface area contributed by atoms with Crippen molar-refractivity contribution < 1.29 is 9.50 Å². The Kier molecular flexibility index (Phi) is 4.43. The molecule has 0 saturated carbocycles. The summed E-state index contributed by atoms with van der Waals surface area (Å²) in [5.74, 6) is 0.887. The number of hydrogen-bond acceptors (Lipinski definition) is 9. The SMILES string of the molecule is Cc1ccn2nc(Cn3nc(-c4cc(O)cc(F)c4)c4c(N)ncnc43)nc(N3C[C@@H]4C[C@H]3CN4)c12. The van der Waals surface area contributed by atoms with Gasteiger partial charge in [0.1, 0.15) is 41.5 Å². The van der Waals surface area contributed by atoms with Crippen molar-refractivity contribution in [3.8, 4) is 17.0 Å². The number of fused-ring (bicyclic) bond motifs is 4. The van der Waals surface area contributed by atoms with E-state index < -0.39 is 5.82 Å². The number of aromatic nitrogens is 7. The Hall–Kier alpha value is -4.32. The Morgan fingerprint density at radius 3 is 2.89 bits per heavy atom. The average Bonchev–Trinajstić information content (AvgIpc) is 3.63. The van der Waals surface area contributed by atoms with Gasteiger partial charge in [-0.15, -0.1) is 0 Å². The Morgan fingerprint density at radius 1 is 1.22 bits per heavy atom. The lowest BCUT2D eigenvalue weighted by molar-refractivity contribution is 0.469. The standard InChI is InChI=1S/C24H23FN10O/c1-12-2-3-34-21(12)24(33-9-15-7-16(33)8-27-15)30-18(31-34)10-35-23-19(22(26)28-11-29-23)20(32-35)13-4-14(25)6-17(36)5-13/h2-6,11,15-16,27,36H,7-10H2,1H3,(H2,26,28,29)/t15-,16-/m0/s1. The first kappa shape index (κ1) is 21.0. The highest BCUT2D eigenvalue weighted by atomic mass is 19.1. The average molecular weight is 487 g/mol. The number of nitrogens with zero attached hydrogens (tertiary/aromatic N) is 8. The van der Waals surface area contributed by atoms with Crippen LogP contribution in [0.5, 0.6) is 5.75 Å². The van der Waals surface area contributed by atoms with Gasteiger partial charge in [-0.1, -0.05) is 0 Å². The van der Waals surface area contributed by atoms with Crippen LogP contribution in [0.25, 0.3) is 27.8 Å². The zero-order valence-corrected chi connectivity index (χ0v) is 19.4. The number of rotatable bonds is 4. The Labute approximate surface area is 204 Å². The molecule has 1 aromatic carbocycles. The molecule has 2 aliphatic heterocycles. The molecule has 7 rings (SSSR count). The Bertz CT molecular complexity index is 1640. The maximum absolute atomic E-state index is 14.1. The molecule has 0 unspecified atom stereocenters. The van der Waals surface area contributed by atoms with Gasteiger partial charge in [0.25, 0.3) is 0 Å². The molecule has 0 aliphatic carbocycles. The lowest BCUT2D eigenvalue weighted by atomic mass is 10.1. The zero-order valence-electron chi connectivity index (χ0n) is 19.4. The Morgan fingerprint density at radius 2 is 2.11 bits per heavy atom. The monoisotopic (exact) mass is 486 g/mol. The maximum atomic E-state index is 14.1. The first-order valence-corrected chi connectivity index (χ1v) is 11.8. The molecule has 0 amide bonds. The van der Waals surface area contributed by atoms with Gasteiger partial charge in [0, 0.05) is 43.0 Å². The number of hydrogen-bond donors (Lipinski definition) is 3. The van der Waals surface area contributed by atoms with Crippen LogP contribution in [0, 0.1) is 12.7 Å². The summed E-state index contributed by atoms with van der Waals surface area (Å²) in [6.07, 6.45) is 4.41. The number of phenols is 1. The molecule has 5 aromatic rings. The zero-order chi connectivity index (χ0) is 24.6. The van der Waals surface area contributed by atoms with Crippen LogP contribution >= 0.6 is 0 Å². The summed E-state index contributed by atoms with van der Waals surface area (Å²) >= 11 is 0. The second-order valence-electron chi connectivity index (χ2n) is 9.45. The molecule has 2 fully saturated rings. The predicted molar refractivity (Wildman–Crippen MR) is 131 cm³/mol. The lowest BCUT2D eigenvalue weighted by Gasteiger charge is -2.29. The fraction of sp³-hybridized carbons (Fsp3) is 0.292. The normalized spacial score (nSPS) is 19.2. The van der Waals surface area contributed by atoms with E-state index in [2.05, 4.69) is 27.1 Å². The first-order chi connectivity index (χ1) is 17.4. The lowest BCUT2D eigenvalue weighted by Crippen LogP contribution is -2.44. The minimum Gasteiger partial charge on any atom is -0.508 e. The summed E-state index contributed by atoms with van der Waals surface area (Å²) in [6, 6.07) is 6.67. The van der Waals surface area contributed by atoms with E-state index in [-0.39, 0.29) is 18.1 Å². The predicted octanol–water partition coefficient (Wildman–Crippen LogP) is 1.87. The van der Waals surface area contributed by atoms with Crippen molar-refractivity contribution in [2.75, 3.05) is 23.7 Å². The molecule has 11 nitrogen and oxygen atoms in total. The second-order valence-corrected chi connectivity index (χ2v) is 9.45. The molecule has 4 aromatic heterocycles. The molecule has 2 bridgehead atoms. The van der Waals surface area contributed by atoms with E-state index in [9.17, 15) is 9.50 Å². The van der Waals surface area contributed by atoms with Gasteiger partial charge >= 0.3 is 0 Å². The number of piperazine rings is 1. The number of aromatic hydroxyl groups is 1. The van der Waals surface area contributed by atoms with Gasteiger partial charge in [-0.2, -0.15) is 10.2 Å². The number of nitrogens with one attached hydrogen (secondary N) is 1. The molecule has 2 atom stereocenters. The molecule has 182 valence electrons. The molecule has 4 N–H and O–H groups in total. The largest absolute Gasteiger partial charge is 0.508 e. The number of benzene rings is 1. The molecule has 0 radical (unpaired) electrons. The van der Waals surface area contributed by atoms with E-state index in [4.69, 9.17) is 20.9 Å². The molecule has 2 saturated heterocycles. The number of nitrogen functional groups attached to an aromatic ring is 1. The quantitative estimate of drug-likeness (QED) is 0.348. The molecule has 0 spiro atoms. The van der Waals surface area contributed by atoms with Gasteiger partial charge in [0.2, 0.25) is 0 Å². The highest BCUT2D eigenvalue weighted by molar-refractivity contribution is 5.98. The van der Waals surface area contributed by atoms with Crippen molar-refractivity contribution in [1.82, 2.24) is 39.7 Å². The number of halogens is 1. The number of nitrogens with two attached hydrogens (primary N) is 1. The maximum Gasteiger partial charge on any atom is 0.173 e. The van der Waals surface area contributed by atoms with Crippen molar-refractivity contribution in [3.05, 3.63) is 54.0 Å². The van der Waals surface area contributed by atoms with Crippen molar-refractivity contribution >= 4 is 28.2 Å². The second kappa shape index (κ2) is 7.59. The van der Waals surface area contributed by atoms with Gasteiger partial charge in [-0.3, -0.25) is 0 Å². The van der Waals surface area contributed by atoms with Gasteiger partial charge in [-0.25, -0.2) is 28.5 Å². The Balaban J connectivity index is 1.36. The molecule has 12 heteroatoms. The number of anilines is 2. The molecular formula is C24H23FN10O. The third-order valence-corrected chi connectivity index (χ3v) is 7.07.